The van der Waals surface area contributed by atoms with Crippen molar-refractivity contribution in [2.45, 2.75) is 0 Å². The van der Waals surface area contributed by atoms with E-state index in [1.165, 1.54) is 14.2 Å². The molecule has 0 aliphatic carbocycles. The summed E-state index contributed by atoms with van der Waals surface area (Å²) in [7, 11) is 2.64. The van der Waals surface area contributed by atoms with Gasteiger partial charge in [-0.15, -0.1) is 0 Å². The van der Waals surface area contributed by atoms with Gasteiger partial charge in [-0.3, -0.25) is 0 Å². The molecule has 0 radical (unpaired) electrons. The summed E-state index contributed by atoms with van der Waals surface area (Å²) in [6, 6.07) is 4.92. The summed E-state index contributed by atoms with van der Waals surface area (Å²) in [5.74, 6) is -0.830. The molecule has 2 rings (SSSR count). The van der Waals surface area contributed by atoms with Crippen LogP contribution < -0.4 is 0 Å². The zero-order chi connectivity index (χ0) is 12.4. The van der Waals surface area contributed by atoms with E-state index in [-0.39, 0.29) is 0 Å². The normalized spacial score (nSPS) is 10.2. The van der Waals surface area contributed by atoms with E-state index in [2.05, 4.69) is 14.5 Å². The highest BCUT2D eigenvalue weighted by Gasteiger charge is 2.14. The van der Waals surface area contributed by atoms with Crippen LogP contribution in [0.1, 0.15) is 20.7 Å². The zero-order valence-corrected chi connectivity index (χ0v) is 9.44. The lowest BCUT2D eigenvalue weighted by Gasteiger charge is -2.00. The zero-order valence-electron chi connectivity index (χ0n) is 9.44. The largest absolute Gasteiger partial charge is 0.465 e. The number of H-pyrrole nitrogens is 1. The van der Waals surface area contributed by atoms with E-state index < -0.39 is 11.9 Å². The first kappa shape index (κ1) is 11.2. The van der Waals surface area contributed by atoms with E-state index in [1.807, 2.05) is 0 Å². The van der Waals surface area contributed by atoms with E-state index in [4.69, 9.17) is 0 Å². The first-order chi connectivity index (χ1) is 8.17. The molecule has 0 unspecified atom stereocenters. The number of hydrogen-bond acceptors (Lipinski definition) is 4. The first-order valence-electron chi connectivity index (χ1n) is 4.95. The molecule has 5 nitrogen and oxygen atoms in total. The number of methoxy groups -OCH3 is 2. The predicted molar refractivity (Wildman–Crippen MR) is 61.0 cm³/mol. The summed E-state index contributed by atoms with van der Waals surface area (Å²) in [5, 5.41) is 0.713. The van der Waals surface area contributed by atoms with Gasteiger partial charge in [0.25, 0.3) is 0 Å². The number of rotatable bonds is 2. The Labute approximate surface area is 97.3 Å². The van der Waals surface area contributed by atoms with Crippen molar-refractivity contribution in [2.24, 2.45) is 0 Å². The monoisotopic (exact) mass is 233 g/mol. The molecule has 1 heterocycles. The third kappa shape index (κ3) is 1.87. The molecule has 0 saturated carbocycles. The maximum Gasteiger partial charge on any atom is 0.340 e. The van der Waals surface area contributed by atoms with Crippen molar-refractivity contribution in [3.05, 3.63) is 35.5 Å². The second-order valence-electron chi connectivity index (χ2n) is 3.45. The lowest BCUT2D eigenvalue weighted by molar-refractivity contribution is 0.0593. The van der Waals surface area contributed by atoms with Crippen molar-refractivity contribution in [3.63, 3.8) is 0 Å². The van der Waals surface area contributed by atoms with Crippen LogP contribution >= 0.6 is 0 Å². The highest BCUT2D eigenvalue weighted by Crippen LogP contribution is 2.20. The van der Waals surface area contributed by atoms with Gasteiger partial charge >= 0.3 is 11.9 Å². The SMILES string of the molecule is COC(=O)c1ccc2c(C(=O)OC)c[nH]c2c1. The fraction of sp³-hybridized carbons (Fsp3) is 0.167. The molecule has 17 heavy (non-hydrogen) atoms. The van der Waals surface area contributed by atoms with Crippen LogP contribution in [0.4, 0.5) is 0 Å². The molecule has 0 spiro atoms. The van der Waals surface area contributed by atoms with Gasteiger partial charge < -0.3 is 14.5 Å². The van der Waals surface area contributed by atoms with Gasteiger partial charge in [-0.2, -0.15) is 0 Å². The van der Waals surface area contributed by atoms with Gasteiger partial charge in [0, 0.05) is 17.1 Å². The minimum atomic E-state index is -0.416. The van der Waals surface area contributed by atoms with Crippen LogP contribution in [-0.2, 0) is 9.47 Å². The van der Waals surface area contributed by atoms with Crippen LogP contribution in [-0.4, -0.2) is 31.1 Å². The molecule has 1 aromatic carbocycles. The maximum absolute atomic E-state index is 11.4. The van der Waals surface area contributed by atoms with Crippen molar-refractivity contribution in [1.82, 2.24) is 4.98 Å². The Morgan fingerprint density at radius 2 is 1.82 bits per heavy atom. The molecule has 0 aliphatic heterocycles. The molecule has 2 aromatic rings. The summed E-state index contributed by atoms with van der Waals surface area (Å²) in [6.07, 6.45) is 1.55. The van der Waals surface area contributed by atoms with Crippen molar-refractivity contribution in [1.29, 1.82) is 0 Å². The summed E-state index contributed by atoms with van der Waals surface area (Å²) in [5.41, 5.74) is 1.56. The minimum absolute atomic E-state index is 0.415. The summed E-state index contributed by atoms with van der Waals surface area (Å²) < 4.78 is 9.27. The molecule has 0 aliphatic rings. The van der Waals surface area contributed by atoms with E-state index in [1.54, 1.807) is 24.4 Å². The predicted octanol–water partition coefficient (Wildman–Crippen LogP) is 1.74. The smallest absolute Gasteiger partial charge is 0.340 e. The van der Waals surface area contributed by atoms with Crippen LogP contribution in [0.3, 0.4) is 0 Å². The van der Waals surface area contributed by atoms with Gasteiger partial charge in [0.1, 0.15) is 0 Å². The second kappa shape index (κ2) is 4.29. The Hall–Kier alpha value is -2.30. The van der Waals surface area contributed by atoms with Gasteiger partial charge in [0.2, 0.25) is 0 Å². The van der Waals surface area contributed by atoms with Crippen LogP contribution in [0, 0.1) is 0 Å². The number of carbonyl (C=O) groups is 2. The molecule has 0 amide bonds. The van der Waals surface area contributed by atoms with Crippen LogP contribution in [0.15, 0.2) is 24.4 Å². The number of ether oxygens (including phenoxy) is 2. The molecule has 1 N–H and O–H groups in total. The standard InChI is InChI=1S/C12H11NO4/c1-16-11(14)7-3-4-8-9(12(15)17-2)6-13-10(8)5-7/h3-6,13H,1-2H3. The number of aromatic nitrogens is 1. The van der Waals surface area contributed by atoms with Crippen LogP contribution in [0.5, 0.6) is 0 Å². The van der Waals surface area contributed by atoms with Crippen molar-refractivity contribution in [2.75, 3.05) is 14.2 Å². The fourth-order valence-corrected chi connectivity index (χ4v) is 1.65. The summed E-state index contributed by atoms with van der Waals surface area (Å²) in [4.78, 5) is 25.7. The van der Waals surface area contributed by atoms with Gasteiger partial charge in [0.15, 0.2) is 0 Å². The minimum Gasteiger partial charge on any atom is -0.465 e. The number of carbonyl (C=O) groups excluding carboxylic acids is 2. The Morgan fingerprint density at radius 1 is 1.12 bits per heavy atom. The Morgan fingerprint density at radius 3 is 2.47 bits per heavy atom. The molecule has 1 aromatic heterocycles. The molecular formula is C12H11NO4. The van der Waals surface area contributed by atoms with Crippen LogP contribution in [0.2, 0.25) is 0 Å². The topological polar surface area (TPSA) is 68.4 Å². The number of esters is 2. The lowest BCUT2D eigenvalue weighted by atomic mass is 10.1. The molecule has 0 saturated heterocycles. The second-order valence-corrected chi connectivity index (χ2v) is 3.45. The molecule has 0 atom stereocenters. The van der Waals surface area contributed by atoms with Gasteiger partial charge in [-0.1, -0.05) is 6.07 Å². The molecule has 0 fully saturated rings. The Bertz CT molecular complexity index is 585. The summed E-state index contributed by atoms with van der Waals surface area (Å²) >= 11 is 0. The van der Waals surface area contributed by atoms with Gasteiger partial charge in [-0.25, -0.2) is 9.59 Å². The number of benzene rings is 1. The van der Waals surface area contributed by atoms with Gasteiger partial charge in [0.05, 0.1) is 25.3 Å². The highest BCUT2D eigenvalue weighted by atomic mass is 16.5. The average molecular weight is 233 g/mol. The quantitative estimate of drug-likeness (QED) is 0.802. The van der Waals surface area contributed by atoms with E-state index in [0.29, 0.717) is 22.0 Å². The molecule has 0 bridgehead atoms. The van der Waals surface area contributed by atoms with Crippen molar-refractivity contribution >= 4 is 22.8 Å². The maximum atomic E-state index is 11.4. The fourth-order valence-electron chi connectivity index (χ4n) is 1.65. The third-order valence-electron chi connectivity index (χ3n) is 2.51. The summed E-state index contributed by atoms with van der Waals surface area (Å²) in [6.45, 7) is 0. The number of fused-ring (bicyclic) bond motifs is 1. The number of hydrogen-bond donors (Lipinski definition) is 1. The Kier molecular flexibility index (Phi) is 2.82. The molecule has 88 valence electrons. The van der Waals surface area contributed by atoms with Gasteiger partial charge in [-0.05, 0) is 12.1 Å². The van der Waals surface area contributed by atoms with E-state index in [0.717, 1.165) is 0 Å². The van der Waals surface area contributed by atoms with Crippen molar-refractivity contribution in [3.8, 4) is 0 Å². The first-order valence-corrected chi connectivity index (χ1v) is 4.95. The van der Waals surface area contributed by atoms with E-state index in [9.17, 15) is 9.59 Å². The Balaban J connectivity index is 2.52. The highest BCUT2D eigenvalue weighted by molar-refractivity contribution is 6.05. The molecular weight excluding hydrogens is 222 g/mol. The number of nitrogens with one attached hydrogen (secondary N) is 1. The van der Waals surface area contributed by atoms with Crippen molar-refractivity contribution < 1.29 is 19.1 Å². The van der Waals surface area contributed by atoms with E-state index >= 15 is 0 Å². The van der Waals surface area contributed by atoms with Crippen LogP contribution in [0.25, 0.3) is 10.9 Å². The third-order valence-corrected chi connectivity index (χ3v) is 2.51. The number of aromatic amines is 1. The lowest BCUT2D eigenvalue weighted by Crippen LogP contribution is -2.01. The average Bonchev–Trinajstić information content (AvgIpc) is 2.79. The molecule has 5 heteroatoms.